The van der Waals surface area contributed by atoms with Gasteiger partial charge in [0.1, 0.15) is 0 Å². The summed E-state index contributed by atoms with van der Waals surface area (Å²) in [5.74, 6) is 0. The third kappa shape index (κ3) is 3.03. The molecule has 2 N–H and O–H groups in total. The summed E-state index contributed by atoms with van der Waals surface area (Å²) in [5.41, 5.74) is 11.4. The number of hydrogen-bond acceptors (Lipinski definition) is 1. The summed E-state index contributed by atoms with van der Waals surface area (Å²) in [4.78, 5) is 0. The van der Waals surface area contributed by atoms with Gasteiger partial charge >= 0.3 is 0 Å². The lowest BCUT2D eigenvalue weighted by Gasteiger charge is -2.38. The van der Waals surface area contributed by atoms with Crippen LogP contribution in [0.15, 0.2) is 22.8 Å². The predicted molar refractivity (Wildman–Crippen MR) is 90.7 cm³/mol. The van der Waals surface area contributed by atoms with Crippen LogP contribution in [0.2, 0.25) is 0 Å². The van der Waals surface area contributed by atoms with Crippen LogP contribution in [0.5, 0.6) is 0 Å². The molecule has 1 nitrogen and oxygen atoms in total. The Morgan fingerprint density at radius 2 is 1.40 bits per heavy atom. The summed E-state index contributed by atoms with van der Waals surface area (Å²) < 4.78 is 0. The Morgan fingerprint density at radius 3 is 1.80 bits per heavy atom. The van der Waals surface area contributed by atoms with E-state index in [1.165, 1.54) is 18.4 Å². The second kappa shape index (κ2) is 5.67. The first-order valence-corrected chi connectivity index (χ1v) is 8.18. The van der Waals surface area contributed by atoms with Crippen molar-refractivity contribution in [3.05, 3.63) is 22.8 Å². The molecule has 0 spiro atoms. The summed E-state index contributed by atoms with van der Waals surface area (Å²) in [6.45, 7) is 19.4. The van der Waals surface area contributed by atoms with Crippen LogP contribution in [0.25, 0.3) is 0 Å². The maximum Gasteiger partial charge on any atom is 0.00189 e. The zero-order valence-corrected chi connectivity index (χ0v) is 15.0. The lowest BCUT2D eigenvalue weighted by Crippen LogP contribution is -2.31. The van der Waals surface area contributed by atoms with E-state index in [0.29, 0.717) is 6.54 Å². The van der Waals surface area contributed by atoms with Crippen molar-refractivity contribution in [3.8, 4) is 0 Å². The van der Waals surface area contributed by atoms with Crippen LogP contribution in [0.4, 0.5) is 0 Å². The molecule has 0 saturated carbocycles. The van der Waals surface area contributed by atoms with Crippen LogP contribution in [0, 0.1) is 16.2 Å². The first-order valence-electron chi connectivity index (χ1n) is 8.18. The van der Waals surface area contributed by atoms with Gasteiger partial charge in [-0.1, -0.05) is 67.0 Å². The lowest BCUT2D eigenvalue weighted by atomic mass is 9.67. The maximum atomic E-state index is 6.06. The summed E-state index contributed by atoms with van der Waals surface area (Å²) >= 11 is 0. The highest BCUT2D eigenvalue weighted by Crippen LogP contribution is 2.52. The van der Waals surface area contributed by atoms with E-state index in [-0.39, 0.29) is 16.2 Å². The smallest absolute Gasteiger partial charge is 0.00189 e. The van der Waals surface area contributed by atoms with Crippen molar-refractivity contribution in [2.24, 2.45) is 22.0 Å². The molecule has 0 aromatic heterocycles. The Hall–Kier alpha value is -0.560. The molecule has 0 radical (unpaired) electrons. The fraction of sp³-hybridized carbons (Fsp3) is 0.789. The molecule has 0 heterocycles. The molecule has 116 valence electrons. The number of nitrogens with two attached hydrogens (primary N) is 1. The van der Waals surface area contributed by atoms with Crippen molar-refractivity contribution >= 4 is 0 Å². The fourth-order valence-corrected chi connectivity index (χ4v) is 3.07. The second-order valence-electron chi connectivity index (χ2n) is 8.24. The van der Waals surface area contributed by atoms with E-state index in [4.69, 9.17) is 5.73 Å². The highest BCUT2D eigenvalue weighted by atomic mass is 14.6. The van der Waals surface area contributed by atoms with Crippen molar-refractivity contribution in [2.75, 3.05) is 6.54 Å². The van der Waals surface area contributed by atoms with Gasteiger partial charge in [-0.15, -0.1) is 0 Å². The molecule has 0 atom stereocenters. The Bertz CT molecular complexity index is 419. The van der Waals surface area contributed by atoms with Gasteiger partial charge in [0.2, 0.25) is 0 Å². The van der Waals surface area contributed by atoms with E-state index >= 15 is 0 Å². The highest BCUT2D eigenvalue weighted by molar-refractivity contribution is 5.51. The first kappa shape index (κ1) is 17.5. The van der Waals surface area contributed by atoms with Gasteiger partial charge in [-0.3, -0.25) is 0 Å². The molecule has 1 aliphatic carbocycles. The van der Waals surface area contributed by atoms with Gasteiger partial charge in [-0.25, -0.2) is 0 Å². The standard InChI is InChI=1S/C19H35N/c1-9-17(3,4)14-11-12-15(19(7,8)13-20)16(14)18(5,6)10-2/h12H,9-11,13,20H2,1-8H3. The molecule has 0 saturated heterocycles. The lowest BCUT2D eigenvalue weighted by molar-refractivity contribution is 0.365. The monoisotopic (exact) mass is 277 g/mol. The fourth-order valence-electron chi connectivity index (χ4n) is 3.07. The summed E-state index contributed by atoms with van der Waals surface area (Å²) in [7, 11) is 0. The highest BCUT2D eigenvalue weighted by Gasteiger charge is 2.39. The Balaban J connectivity index is 3.46. The molecular weight excluding hydrogens is 242 g/mol. The quantitative estimate of drug-likeness (QED) is 0.684. The minimum absolute atomic E-state index is 0.0767. The minimum Gasteiger partial charge on any atom is -0.330 e. The maximum absolute atomic E-state index is 6.06. The molecule has 1 aliphatic rings. The van der Waals surface area contributed by atoms with Gasteiger partial charge in [-0.05, 0) is 41.2 Å². The van der Waals surface area contributed by atoms with Crippen LogP contribution < -0.4 is 5.73 Å². The van der Waals surface area contributed by atoms with Gasteiger partial charge in [-0.2, -0.15) is 0 Å². The zero-order valence-electron chi connectivity index (χ0n) is 15.0. The van der Waals surface area contributed by atoms with Gasteiger partial charge < -0.3 is 5.73 Å². The molecule has 0 fully saturated rings. The summed E-state index contributed by atoms with van der Waals surface area (Å²) in [6, 6.07) is 0. The topological polar surface area (TPSA) is 26.0 Å². The number of rotatable bonds is 6. The predicted octanol–water partition coefficient (Wildman–Crippen LogP) is 5.47. The normalized spacial score (nSPS) is 17.8. The molecule has 1 heteroatoms. The van der Waals surface area contributed by atoms with Gasteiger partial charge in [0.25, 0.3) is 0 Å². The molecule has 0 aliphatic heterocycles. The largest absolute Gasteiger partial charge is 0.330 e. The Morgan fingerprint density at radius 1 is 0.900 bits per heavy atom. The van der Waals surface area contributed by atoms with E-state index in [0.717, 1.165) is 6.42 Å². The number of hydrogen-bond donors (Lipinski definition) is 1. The van der Waals surface area contributed by atoms with E-state index in [2.05, 4.69) is 61.5 Å². The SMILES string of the molecule is CCC(C)(C)C1=C(C(C)(C)CC)C(C(C)(C)CN)=CC1. The van der Waals surface area contributed by atoms with Crippen molar-refractivity contribution < 1.29 is 0 Å². The van der Waals surface area contributed by atoms with Crippen molar-refractivity contribution in [3.63, 3.8) is 0 Å². The molecule has 0 aromatic rings. The van der Waals surface area contributed by atoms with Crippen LogP contribution in [0.1, 0.15) is 74.7 Å². The third-order valence-corrected chi connectivity index (χ3v) is 5.58. The average molecular weight is 277 g/mol. The molecular formula is C19H35N. The van der Waals surface area contributed by atoms with Gasteiger partial charge in [0.05, 0.1) is 0 Å². The summed E-state index contributed by atoms with van der Waals surface area (Å²) in [5, 5.41) is 0. The Labute approximate surface area is 126 Å². The third-order valence-electron chi connectivity index (χ3n) is 5.58. The second-order valence-corrected chi connectivity index (χ2v) is 8.24. The van der Waals surface area contributed by atoms with Crippen LogP contribution in [-0.4, -0.2) is 6.54 Å². The van der Waals surface area contributed by atoms with Crippen molar-refractivity contribution in [1.29, 1.82) is 0 Å². The molecule has 0 amide bonds. The Kier molecular flexibility index (Phi) is 4.96. The van der Waals surface area contributed by atoms with Crippen molar-refractivity contribution in [1.82, 2.24) is 0 Å². The van der Waals surface area contributed by atoms with Gasteiger partial charge in [0.15, 0.2) is 0 Å². The van der Waals surface area contributed by atoms with E-state index in [9.17, 15) is 0 Å². The molecule has 1 rings (SSSR count). The van der Waals surface area contributed by atoms with E-state index < -0.39 is 0 Å². The molecule has 20 heavy (non-hydrogen) atoms. The van der Waals surface area contributed by atoms with Gasteiger partial charge in [0, 0.05) is 12.0 Å². The van der Waals surface area contributed by atoms with Crippen molar-refractivity contribution in [2.45, 2.75) is 74.7 Å². The van der Waals surface area contributed by atoms with Crippen LogP contribution in [0.3, 0.4) is 0 Å². The zero-order chi connectivity index (χ0) is 15.8. The minimum atomic E-state index is 0.0767. The first-order chi connectivity index (χ1) is 9.03. The van der Waals surface area contributed by atoms with E-state index in [1.807, 2.05) is 0 Å². The summed E-state index contributed by atoms with van der Waals surface area (Å²) in [6.07, 6.45) is 5.92. The van der Waals surface area contributed by atoms with Crippen LogP contribution >= 0.6 is 0 Å². The average Bonchev–Trinajstić information content (AvgIpc) is 2.85. The molecule has 0 bridgehead atoms. The molecule has 0 unspecified atom stereocenters. The molecule has 0 aromatic carbocycles. The van der Waals surface area contributed by atoms with Crippen LogP contribution in [-0.2, 0) is 0 Å². The number of allylic oxidation sites excluding steroid dienone is 3. The van der Waals surface area contributed by atoms with E-state index in [1.54, 1.807) is 11.1 Å².